The predicted octanol–water partition coefficient (Wildman–Crippen LogP) is 2.26. The van der Waals surface area contributed by atoms with Crippen LogP contribution >= 0.6 is 11.3 Å². The fourth-order valence-electron chi connectivity index (χ4n) is 2.08. The molecule has 5 nitrogen and oxygen atoms in total. The van der Waals surface area contributed by atoms with E-state index >= 15 is 0 Å². The van der Waals surface area contributed by atoms with E-state index in [2.05, 4.69) is 5.32 Å². The van der Waals surface area contributed by atoms with E-state index in [1.807, 2.05) is 6.92 Å². The lowest BCUT2D eigenvalue weighted by molar-refractivity contribution is 0.0992. The van der Waals surface area contributed by atoms with Crippen LogP contribution in [0.2, 0.25) is 0 Å². The van der Waals surface area contributed by atoms with Crippen molar-refractivity contribution in [3.8, 4) is 0 Å². The monoisotopic (exact) mass is 316 g/mol. The lowest BCUT2D eigenvalue weighted by atomic mass is 10.1. The molecule has 1 aromatic rings. The molecule has 0 aromatic carbocycles. The maximum atomic E-state index is 11.9. The van der Waals surface area contributed by atoms with Crippen molar-refractivity contribution >= 4 is 37.6 Å². The van der Waals surface area contributed by atoms with Gasteiger partial charge in [-0.3, -0.25) is 4.79 Å². The summed E-state index contributed by atoms with van der Waals surface area (Å²) in [6.07, 6.45) is 3.81. The van der Waals surface area contributed by atoms with E-state index in [-0.39, 0.29) is 11.5 Å². The number of nitrogen functional groups attached to an aromatic ring is 1. The molecule has 0 bridgehead atoms. The minimum absolute atomic E-state index is 0.0468. The van der Waals surface area contributed by atoms with Crippen molar-refractivity contribution < 1.29 is 13.2 Å². The first-order valence-electron chi connectivity index (χ1n) is 6.70. The van der Waals surface area contributed by atoms with Crippen LogP contribution in [0.5, 0.6) is 0 Å². The maximum Gasteiger partial charge on any atom is 0.174 e. The molecule has 0 radical (unpaired) electrons. The summed E-state index contributed by atoms with van der Waals surface area (Å²) < 4.78 is 22.3. The third-order valence-electron chi connectivity index (χ3n) is 3.30. The van der Waals surface area contributed by atoms with Gasteiger partial charge in [0.25, 0.3) is 0 Å². The van der Waals surface area contributed by atoms with Gasteiger partial charge in [-0.15, -0.1) is 11.3 Å². The highest BCUT2D eigenvalue weighted by Crippen LogP contribution is 2.50. The summed E-state index contributed by atoms with van der Waals surface area (Å²) >= 11 is 1.36. The number of carbonyl (C=O) groups is 1. The molecular formula is C13H20N2O3S2. The summed E-state index contributed by atoms with van der Waals surface area (Å²) in [5, 5.41) is 4.00. The Hall–Kier alpha value is -1.08. The Morgan fingerprint density at radius 1 is 1.45 bits per heavy atom. The number of thiophene rings is 1. The molecule has 1 aliphatic rings. The van der Waals surface area contributed by atoms with Crippen LogP contribution in [0.15, 0.2) is 0 Å². The number of sulfone groups is 1. The topological polar surface area (TPSA) is 89.3 Å². The second kappa shape index (κ2) is 5.73. The SMILES string of the molecule is CCC(=O)c1sc(NCCS(C)(=O)=O)c(C2CC2)c1N. The molecule has 1 aromatic heterocycles. The van der Waals surface area contributed by atoms with Gasteiger partial charge in [-0.1, -0.05) is 6.92 Å². The second-order valence-electron chi connectivity index (χ2n) is 5.20. The molecule has 0 amide bonds. The Morgan fingerprint density at radius 2 is 2.10 bits per heavy atom. The van der Waals surface area contributed by atoms with Crippen molar-refractivity contribution in [1.82, 2.24) is 0 Å². The van der Waals surface area contributed by atoms with Crippen LogP contribution in [0.3, 0.4) is 0 Å². The Labute approximate surface area is 123 Å². The number of anilines is 2. The first-order chi connectivity index (χ1) is 9.33. The van der Waals surface area contributed by atoms with Crippen LogP contribution in [0, 0.1) is 0 Å². The number of carbonyl (C=O) groups excluding carboxylic acids is 1. The standard InChI is InChI=1S/C13H20N2O3S2/c1-3-9(16)12-11(14)10(8-4-5-8)13(19-12)15-6-7-20(2,17)18/h8,15H,3-7,14H2,1-2H3. The lowest BCUT2D eigenvalue weighted by Gasteiger charge is -2.06. The van der Waals surface area contributed by atoms with Gasteiger partial charge in [0, 0.05) is 24.8 Å². The third kappa shape index (κ3) is 3.52. The molecule has 2 rings (SSSR count). The Kier molecular flexibility index (Phi) is 4.39. The normalized spacial score (nSPS) is 15.3. The minimum Gasteiger partial charge on any atom is -0.397 e. The summed E-state index contributed by atoms with van der Waals surface area (Å²) in [5.41, 5.74) is 7.71. The van der Waals surface area contributed by atoms with E-state index in [9.17, 15) is 13.2 Å². The van der Waals surface area contributed by atoms with Gasteiger partial charge in [0.05, 0.1) is 21.3 Å². The van der Waals surface area contributed by atoms with Crippen LogP contribution in [0.25, 0.3) is 0 Å². The van der Waals surface area contributed by atoms with Gasteiger partial charge in [-0.2, -0.15) is 0 Å². The van der Waals surface area contributed by atoms with Crippen molar-refractivity contribution in [2.24, 2.45) is 0 Å². The number of rotatable bonds is 7. The Morgan fingerprint density at radius 3 is 2.60 bits per heavy atom. The van der Waals surface area contributed by atoms with Crippen molar-refractivity contribution in [2.75, 3.05) is 29.6 Å². The van der Waals surface area contributed by atoms with E-state index in [0.717, 1.165) is 23.4 Å². The average Bonchev–Trinajstić information content (AvgIpc) is 3.12. The third-order valence-corrected chi connectivity index (χ3v) is 5.47. The Bertz CT molecular complexity index is 616. The largest absolute Gasteiger partial charge is 0.397 e. The second-order valence-corrected chi connectivity index (χ2v) is 8.48. The van der Waals surface area contributed by atoms with Crippen LogP contribution < -0.4 is 11.1 Å². The van der Waals surface area contributed by atoms with Crippen molar-refractivity contribution in [1.29, 1.82) is 0 Å². The van der Waals surface area contributed by atoms with E-state index in [0.29, 0.717) is 29.4 Å². The number of hydrogen-bond donors (Lipinski definition) is 2. The summed E-state index contributed by atoms with van der Waals surface area (Å²) in [4.78, 5) is 12.5. The average molecular weight is 316 g/mol. The molecule has 3 N–H and O–H groups in total. The highest BCUT2D eigenvalue weighted by molar-refractivity contribution is 7.90. The first kappa shape index (κ1) is 15.3. The zero-order chi connectivity index (χ0) is 14.9. The molecule has 1 heterocycles. The van der Waals surface area contributed by atoms with Crippen LogP contribution in [-0.4, -0.2) is 32.8 Å². The maximum absolute atomic E-state index is 11.9. The first-order valence-corrected chi connectivity index (χ1v) is 9.58. The molecule has 0 atom stereocenters. The molecule has 1 aliphatic carbocycles. The van der Waals surface area contributed by atoms with Crippen LogP contribution in [-0.2, 0) is 9.84 Å². The quantitative estimate of drug-likeness (QED) is 0.753. The van der Waals surface area contributed by atoms with Gasteiger partial charge >= 0.3 is 0 Å². The number of ketones is 1. The van der Waals surface area contributed by atoms with Gasteiger partial charge in [-0.05, 0) is 18.8 Å². The molecular weight excluding hydrogens is 296 g/mol. The predicted molar refractivity (Wildman–Crippen MR) is 83.5 cm³/mol. The molecule has 0 aliphatic heterocycles. The van der Waals surface area contributed by atoms with Crippen molar-refractivity contribution in [3.63, 3.8) is 0 Å². The molecule has 0 spiro atoms. The Balaban J connectivity index is 2.20. The van der Waals surface area contributed by atoms with Crippen LogP contribution in [0.1, 0.15) is 47.3 Å². The number of Topliss-reactive ketones (excluding diaryl/α,β-unsaturated/α-hetero) is 1. The summed E-state index contributed by atoms with van der Waals surface area (Å²) in [7, 11) is -2.99. The van der Waals surface area contributed by atoms with Gasteiger partial charge in [0.15, 0.2) is 5.78 Å². The van der Waals surface area contributed by atoms with Gasteiger partial charge < -0.3 is 11.1 Å². The highest BCUT2D eigenvalue weighted by atomic mass is 32.2. The van der Waals surface area contributed by atoms with Gasteiger partial charge in [0.1, 0.15) is 9.84 Å². The van der Waals surface area contributed by atoms with Gasteiger partial charge in [0.2, 0.25) is 0 Å². The molecule has 7 heteroatoms. The van der Waals surface area contributed by atoms with E-state index in [1.54, 1.807) is 0 Å². The zero-order valence-corrected chi connectivity index (χ0v) is 13.4. The van der Waals surface area contributed by atoms with Crippen molar-refractivity contribution in [2.45, 2.75) is 32.1 Å². The molecule has 1 saturated carbocycles. The number of nitrogens with one attached hydrogen (secondary N) is 1. The van der Waals surface area contributed by atoms with E-state index in [4.69, 9.17) is 5.73 Å². The smallest absolute Gasteiger partial charge is 0.174 e. The number of nitrogens with two attached hydrogens (primary N) is 1. The lowest BCUT2D eigenvalue weighted by Crippen LogP contribution is -2.14. The zero-order valence-electron chi connectivity index (χ0n) is 11.7. The fourth-order valence-corrected chi connectivity index (χ4v) is 3.80. The molecule has 20 heavy (non-hydrogen) atoms. The van der Waals surface area contributed by atoms with Crippen molar-refractivity contribution in [3.05, 3.63) is 10.4 Å². The summed E-state index contributed by atoms with van der Waals surface area (Å²) in [6, 6.07) is 0. The molecule has 1 fully saturated rings. The van der Waals surface area contributed by atoms with Crippen LogP contribution in [0.4, 0.5) is 10.7 Å². The number of hydrogen-bond acceptors (Lipinski definition) is 6. The minimum atomic E-state index is -2.99. The summed E-state index contributed by atoms with van der Waals surface area (Å²) in [5.74, 6) is 0.544. The van der Waals surface area contributed by atoms with E-state index in [1.165, 1.54) is 17.6 Å². The molecule has 112 valence electrons. The molecule has 0 saturated heterocycles. The molecule has 0 unspecified atom stereocenters. The fraction of sp³-hybridized carbons (Fsp3) is 0.615. The highest BCUT2D eigenvalue weighted by Gasteiger charge is 2.32. The summed E-state index contributed by atoms with van der Waals surface area (Å²) in [6.45, 7) is 2.16. The van der Waals surface area contributed by atoms with E-state index < -0.39 is 9.84 Å². The van der Waals surface area contributed by atoms with Gasteiger partial charge in [-0.25, -0.2) is 8.42 Å².